The predicted molar refractivity (Wildman–Crippen MR) is 132 cm³/mol. The van der Waals surface area contributed by atoms with Crippen LogP contribution in [0.4, 0.5) is 11.4 Å². The topological polar surface area (TPSA) is 59.3 Å². The molecule has 0 aliphatic carbocycles. The third-order valence-electron chi connectivity index (χ3n) is 5.61. The fourth-order valence-corrected chi connectivity index (χ4v) is 5.00. The molecule has 1 aliphatic rings. The second kappa shape index (κ2) is 9.04. The second-order valence-corrected chi connectivity index (χ2v) is 8.63. The lowest BCUT2D eigenvalue weighted by Crippen LogP contribution is -2.29. The van der Waals surface area contributed by atoms with E-state index in [0.29, 0.717) is 0 Å². The van der Waals surface area contributed by atoms with Crippen LogP contribution in [0.3, 0.4) is 0 Å². The Labute approximate surface area is 190 Å². The number of nitro benzene ring substituents is 1. The van der Waals surface area contributed by atoms with E-state index in [4.69, 9.17) is 4.98 Å². The largest absolute Gasteiger partial charge is 0.366 e. The Morgan fingerprint density at radius 1 is 1.00 bits per heavy atom. The molecule has 0 bridgehead atoms. The van der Waals surface area contributed by atoms with Gasteiger partial charge < -0.3 is 4.90 Å². The molecule has 7 heteroatoms. The number of thiazole rings is 1. The van der Waals surface area contributed by atoms with Crippen LogP contribution in [0, 0.1) is 10.1 Å². The average molecular weight is 452 g/mol. The summed E-state index contributed by atoms with van der Waals surface area (Å²) in [4.78, 5) is 18.3. The van der Waals surface area contributed by atoms with Crippen LogP contribution in [0.5, 0.6) is 0 Å². The zero-order valence-electron chi connectivity index (χ0n) is 16.9. The first-order chi connectivity index (χ1) is 14.7. The summed E-state index contributed by atoms with van der Waals surface area (Å²) in [5.41, 5.74) is 2.72. The first kappa shape index (κ1) is 21.3. The summed E-state index contributed by atoms with van der Waals surface area (Å²) in [5, 5.41) is 14.9. The van der Waals surface area contributed by atoms with E-state index in [2.05, 4.69) is 29.2 Å². The molecule has 158 valence electrons. The van der Waals surface area contributed by atoms with Crippen LogP contribution in [-0.2, 0) is 0 Å². The first-order valence-electron chi connectivity index (χ1n) is 10.2. The van der Waals surface area contributed by atoms with Crippen LogP contribution in [0.15, 0.2) is 54.6 Å². The number of nitro groups is 1. The maximum atomic E-state index is 11.7. The number of anilines is 1. The molecule has 0 saturated carbocycles. The molecule has 0 unspecified atom stereocenters. The number of hydrogen-bond acceptors (Lipinski definition) is 5. The molecule has 0 amide bonds. The van der Waals surface area contributed by atoms with E-state index in [1.54, 1.807) is 17.4 Å². The van der Waals surface area contributed by atoms with Crippen LogP contribution in [0.1, 0.15) is 29.8 Å². The van der Waals surface area contributed by atoms with Gasteiger partial charge in [-0.05, 0) is 48.4 Å². The molecule has 0 spiro atoms. The summed E-state index contributed by atoms with van der Waals surface area (Å²) >= 11 is 1.63. The molecule has 4 aromatic rings. The Kier molecular flexibility index (Phi) is 6.20. The summed E-state index contributed by atoms with van der Waals surface area (Å²) in [6, 6.07) is 18.0. The highest BCUT2D eigenvalue weighted by Crippen LogP contribution is 2.33. The Morgan fingerprint density at radius 2 is 1.81 bits per heavy atom. The number of fused-ring (bicyclic) bond motifs is 3. The van der Waals surface area contributed by atoms with Crippen LogP contribution in [0.2, 0.25) is 0 Å². The number of nitrogens with zero attached hydrogens (tertiary/aromatic N) is 3. The summed E-state index contributed by atoms with van der Waals surface area (Å²) in [5.74, 6) is 0. The molecular weight excluding hydrogens is 430 g/mol. The SMILES string of the molecule is Cl.O=[N+]([O-])c1cc(/C=C/c2nc3c(ccc4ccccc43)s2)ccc1N1CCCCC1. The third-order valence-corrected chi connectivity index (χ3v) is 6.60. The first-order valence-corrected chi connectivity index (χ1v) is 11.0. The molecular formula is C24H22ClN3O2S. The zero-order chi connectivity index (χ0) is 20.5. The van der Waals surface area contributed by atoms with Crippen molar-refractivity contribution in [2.45, 2.75) is 19.3 Å². The Bertz CT molecular complexity index is 1280. The summed E-state index contributed by atoms with van der Waals surface area (Å²) in [7, 11) is 0. The van der Waals surface area contributed by atoms with Gasteiger partial charge in [0.2, 0.25) is 0 Å². The van der Waals surface area contributed by atoms with Crippen molar-refractivity contribution >= 4 is 68.3 Å². The summed E-state index contributed by atoms with van der Waals surface area (Å²) in [6.45, 7) is 1.77. The highest BCUT2D eigenvalue weighted by Gasteiger charge is 2.21. The minimum atomic E-state index is -0.273. The molecule has 1 saturated heterocycles. The van der Waals surface area contributed by atoms with Crippen molar-refractivity contribution in [3.8, 4) is 0 Å². The van der Waals surface area contributed by atoms with E-state index in [9.17, 15) is 10.1 Å². The molecule has 1 fully saturated rings. The lowest BCUT2D eigenvalue weighted by atomic mass is 10.1. The van der Waals surface area contributed by atoms with E-state index in [1.807, 2.05) is 36.4 Å². The maximum absolute atomic E-state index is 11.7. The van der Waals surface area contributed by atoms with E-state index < -0.39 is 0 Å². The second-order valence-electron chi connectivity index (χ2n) is 7.57. The molecule has 5 rings (SSSR count). The van der Waals surface area contributed by atoms with Crippen molar-refractivity contribution in [3.05, 3.63) is 75.3 Å². The quantitative estimate of drug-likeness (QED) is 0.249. The molecule has 1 aromatic heterocycles. The van der Waals surface area contributed by atoms with Gasteiger partial charge in [0.05, 0.1) is 15.1 Å². The van der Waals surface area contributed by atoms with E-state index in [0.717, 1.165) is 57.8 Å². The minimum Gasteiger partial charge on any atom is -0.366 e. The Hall–Kier alpha value is -2.96. The normalized spacial score (nSPS) is 14.3. The number of piperidine rings is 1. The molecule has 2 heterocycles. The number of halogens is 1. The Balaban J connectivity index is 0.00000231. The fraction of sp³-hybridized carbons (Fsp3) is 0.208. The van der Waals surface area contributed by atoms with Crippen molar-refractivity contribution in [3.63, 3.8) is 0 Å². The highest BCUT2D eigenvalue weighted by atomic mass is 35.5. The van der Waals surface area contributed by atoms with Gasteiger partial charge in [-0.2, -0.15) is 0 Å². The van der Waals surface area contributed by atoms with Crippen molar-refractivity contribution < 1.29 is 4.92 Å². The molecule has 5 nitrogen and oxygen atoms in total. The van der Waals surface area contributed by atoms with Gasteiger partial charge in [-0.15, -0.1) is 23.7 Å². The molecule has 0 N–H and O–H groups in total. The molecule has 1 aliphatic heterocycles. The van der Waals surface area contributed by atoms with Gasteiger partial charge >= 0.3 is 0 Å². The third kappa shape index (κ3) is 4.27. The molecule has 0 radical (unpaired) electrons. The maximum Gasteiger partial charge on any atom is 0.293 e. The fourth-order valence-electron chi connectivity index (χ4n) is 4.11. The van der Waals surface area contributed by atoms with Crippen molar-refractivity contribution in [1.82, 2.24) is 4.98 Å². The number of aromatic nitrogens is 1. The minimum absolute atomic E-state index is 0. The van der Waals surface area contributed by atoms with Crippen molar-refractivity contribution in [1.29, 1.82) is 0 Å². The van der Waals surface area contributed by atoms with E-state index >= 15 is 0 Å². The summed E-state index contributed by atoms with van der Waals surface area (Å²) < 4.78 is 1.14. The van der Waals surface area contributed by atoms with Crippen LogP contribution in [-0.4, -0.2) is 23.0 Å². The van der Waals surface area contributed by atoms with Crippen LogP contribution in [0.25, 0.3) is 33.1 Å². The van der Waals surface area contributed by atoms with Gasteiger partial charge in [-0.3, -0.25) is 10.1 Å². The average Bonchev–Trinajstić information content (AvgIpc) is 3.22. The van der Waals surface area contributed by atoms with Crippen molar-refractivity contribution in [2.24, 2.45) is 0 Å². The number of rotatable bonds is 4. The standard InChI is InChI=1S/C24H21N3O2S.ClH/c28-27(29)21-16-17(8-11-20(21)26-14-4-1-5-15-26)9-13-23-25-24-19-7-3-2-6-18(19)10-12-22(24)30-23;/h2-3,6-13,16H,1,4-5,14-15H2;1H/b13-9+;. The molecule has 0 atom stereocenters. The molecule has 31 heavy (non-hydrogen) atoms. The summed E-state index contributed by atoms with van der Waals surface area (Å²) in [6.07, 6.45) is 7.23. The number of benzene rings is 3. The van der Waals surface area contributed by atoms with Gasteiger partial charge in [0, 0.05) is 24.5 Å². The van der Waals surface area contributed by atoms with Gasteiger partial charge in [0.25, 0.3) is 5.69 Å². The van der Waals surface area contributed by atoms with E-state index in [-0.39, 0.29) is 23.0 Å². The molecule has 3 aromatic carbocycles. The van der Waals surface area contributed by atoms with Crippen LogP contribution < -0.4 is 4.90 Å². The Morgan fingerprint density at radius 3 is 2.61 bits per heavy atom. The predicted octanol–water partition coefficient (Wildman–Crippen LogP) is 6.94. The van der Waals surface area contributed by atoms with Gasteiger partial charge in [-0.1, -0.05) is 42.5 Å². The lowest BCUT2D eigenvalue weighted by molar-refractivity contribution is -0.384. The van der Waals surface area contributed by atoms with Gasteiger partial charge in [0.15, 0.2) is 0 Å². The zero-order valence-corrected chi connectivity index (χ0v) is 18.5. The van der Waals surface area contributed by atoms with Gasteiger partial charge in [0.1, 0.15) is 10.7 Å². The van der Waals surface area contributed by atoms with Crippen molar-refractivity contribution in [2.75, 3.05) is 18.0 Å². The van der Waals surface area contributed by atoms with Crippen LogP contribution >= 0.6 is 23.7 Å². The van der Waals surface area contributed by atoms with E-state index in [1.165, 1.54) is 11.8 Å². The number of hydrogen-bond donors (Lipinski definition) is 0. The van der Waals surface area contributed by atoms with Gasteiger partial charge in [-0.25, -0.2) is 4.98 Å². The lowest BCUT2D eigenvalue weighted by Gasteiger charge is -2.28. The monoisotopic (exact) mass is 451 g/mol. The highest BCUT2D eigenvalue weighted by molar-refractivity contribution is 7.19. The smallest absolute Gasteiger partial charge is 0.293 e.